The van der Waals surface area contributed by atoms with Crippen LogP contribution in [0.5, 0.6) is 5.75 Å². The van der Waals surface area contributed by atoms with Gasteiger partial charge < -0.3 is 4.74 Å². The molecule has 0 aliphatic carbocycles. The SMILES string of the molecule is COc1ccc(C(=O)c2c(F)ccc(C)c2F)c(Br)c1. The molecular formula is C15H11BrF2O2. The molecule has 2 rings (SSSR count). The summed E-state index contributed by atoms with van der Waals surface area (Å²) in [5.41, 5.74) is -0.149. The van der Waals surface area contributed by atoms with Gasteiger partial charge >= 0.3 is 0 Å². The lowest BCUT2D eigenvalue weighted by Gasteiger charge is -2.09. The minimum atomic E-state index is -0.874. The van der Waals surface area contributed by atoms with Gasteiger partial charge in [-0.3, -0.25) is 4.79 Å². The molecule has 0 radical (unpaired) electrons. The van der Waals surface area contributed by atoms with Crippen LogP contribution in [0.4, 0.5) is 8.78 Å². The molecule has 104 valence electrons. The van der Waals surface area contributed by atoms with E-state index in [4.69, 9.17) is 4.74 Å². The normalized spacial score (nSPS) is 10.4. The van der Waals surface area contributed by atoms with Crippen LogP contribution in [0, 0.1) is 18.6 Å². The molecule has 2 nitrogen and oxygen atoms in total. The van der Waals surface area contributed by atoms with E-state index in [0.717, 1.165) is 6.07 Å². The number of aryl methyl sites for hydroxylation is 1. The van der Waals surface area contributed by atoms with Gasteiger partial charge in [0.2, 0.25) is 0 Å². The first-order valence-corrected chi connectivity index (χ1v) is 6.58. The van der Waals surface area contributed by atoms with Crippen LogP contribution in [0.25, 0.3) is 0 Å². The van der Waals surface area contributed by atoms with E-state index in [1.807, 2.05) is 0 Å². The zero-order valence-electron chi connectivity index (χ0n) is 10.8. The minimum absolute atomic E-state index is 0.175. The first kappa shape index (κ1) is 14.7. The van der Waals surface area contributed by atoms with Crippen molar-refractivity contribution in [3.05, 3.63) is 63.1 Å². The summed E-state index contributed by atoms with van der Waals surface area (Å²) in [7, 11) is 1.49. The van der Waals surface area contributed by atoms with Gasteiger partial charge in [0.05, 0.1) is 12.7 Å². The first-order valence-electron chi connectivity index (χ1n) is 5.78. The van der Waals surface area contributed by atoms with Crippen molar-refractivity contribution in [1.82, 2.24) is 0 Å². The predicted molar refractivity (Wildman–Crippen MR) is 75.2 cm³/mol. The van der Waals surface area contributed by atoms with Crippen LogP contribution in [0.1, 0.15) is 21.5 Å². The highest BCUT2D eigenvalue weighted by Crippen LogP contribution is 2.27. The Hall–Kier alpha value is -1.75. The molecule has 2 aromatic carbocycles. The number of benzene rings is 2. The highest BCUT2D eigenvalue weighted by molar-refractivity contribution is 9.10. The van der Waals surface area contributed by atoms with Crippen LogP contribution < -0.4 is 4.74 Å². The van der Waals surface area contributed by atoms with Gasteiger partial charge in [0, 0.05) is 10.0 Å². The zero-order chi connectivity index (χ0) is 14.9. The summed E-state index contributed by atoms with van der Waals surface area (Å²) in [6.45, 7) is 1.48. The summed E-state index contributed by atoms with van der Waals surface area (Å²) < 4.78 is 33.1. The molecule has 0 fully saturated rings. The molecule has 0 spiro atoms. The molecule has 0 saturated carbocycles. The molecule has 0 aromatic heterocycles. The molecule has 0 bridgehead atoms. The van der Waals surface area contributed by atoms with E-state index in [1.54, 1.807) is 12.1 Å². The van der Waals surface area contributed by atoms with Gasteiger partial charge in [0.25, 0.3) is 0 Å². The van der Waals surface area contributed by atoms with Crippen molar-refractivity contribution in [2.45, 2.75) is 6.92 Å². The van der Waals surface area contributed by atoms with E-state index < -0.39 is 23.0 Å². The average Bonchev–Trinajstić information content (AvgIpc) is 2.43. The highest BCUT2D eigenvalue weighted by Gasteiger charge is 2.22. The van der Waals surface area contributed by atoms with Crippen LogP contribution in [0.3, 0.4) is 0 Å². The Labute approximate surface area is 123 Å². The van der Waals surface area contributed by atoms with Crippen molar-refractivity contribution < 1.29 is 18.3 Å². The Kier molecular flexibility index (Phi) is 4.18. The number of ketones is 1. The topological polar surface area (TPSA) is 26.3 Å². The number of ether oxygens (including phenoxy) is 1. The summed E-state index contributed by atoms with van der Waals surface area (Å²) in [5, 5.41) is 0. The molecule has 0 aliphatic heterocycles. The van der Waals surface area contributed by atoms with Gasteiger partial charge in [-0.2, -0.15) is 0 Å². The van der Waals surface area contributed by atoms with Gasteiger partial charge in [-0.05, 0) is 52.7 Å². The van der Waals surface area contributed by atoms with Crippen molar-refractivity contribution in [1.29, 1.82) is 0 Å². The standard InChI is InChI=1S/C15H11BrF2O2/c1-8-3-6-12(17)13(14(8)18)15(19)10-5-4-9(20-2)7-11(10)16/h3-7H,1-2H3. The summed E-state index contributed by atoms with van der Waals surface area (Å²) in [5.74, 6) is -1.88. The van der Waals surface area contributed by atoms with Crippen molar-refractivity contribution in [2.24, 2.45) is 0 Å². The Morgan fingerprint density at radius 2 is 1.90 bits per heavy atom. The molecule has 0 saturated heterocycles. The molecule has 2 aromatic rings. The molecule has 5 heteroatoms. The van der Waals surface area contributed by atoms with E-state index in [1.165, 1.54) is 26.2 Å². The number of carbonyl (C=O) groups is 1. The number of methoxy groups -OCH3 is 1. The van der Waals surface area contributed by atoms with Gasteiger partial charge in [-0.25, -0.2) is 8.78 Å². The maximum Gasteiger partial charge on any atom is 0.200 e. The van der Waals surface area contributed by atoms with Gasteiger partial charge in [0.15, 0.2) is 5.78 Å². The summed E-state index contributed by atoms with van der Waals surface area (Å²) in [6, 6.07) is 6.97. The average molecular weight is 341 g/mol. The predicted octanol–water partition coefficient (Wildman–Crippen LogP) is 4.28. The fourth-order valence-electron chi connectivity index (χ4n) is 1.81. The van der Waals surface area contributed by atoms with Gasteiger partial charge in [-0.15, -0.1) is 0 Å². The number of hydrogen-bond donors (Lipinski definition) is 0. The maximum absolute atomic E-state index is 14.0. The quantitative estimate of drug-likeness (QED) is 0.779. The first-order chi connectivity index (χ1) is 9.45. The van der Waals surface area contributed by atoms with Crippen molar-refractivity contribution in [3.63, 3.8) is 0 Å². The van der Waals surface area contributed by atoms with Crippen LogP contribution >= 0.6 is 15.9 Å². The van der Waals surface area contributed by atoms with Crippen LogP contribution in [0.2, 0.25) is 0 Å². The summed E-state index contributed by atoms with van der Waals surface area (Å²) >= 11 is 3.21. The molecule has 0 heterocycles. The number of carbonyl (C=O) groups excluding carboxylic acids is 1. The molecule has 0 aliphatic rings. The Bertz CT molecular complexity index is 684. The van der Waals surface area contributed by atoms with Crippen LogP contribution in [-0.4, -0.2) is 12.9 Å². The fraction of sp³-hybridized carbons (Fsp3) is 0.133. The van der Waals surface area contributed by atoms with Crippen molar-refractivity contribution in [2.75, 3.05) is 7.11 Å². The lowest BCUT2D eigenvalue weighted by Crippen LogP contribution is -2.09. The second-order valence-corrected chi connectivity index (χ2v) is 5.08. The Balaban J connectivity index is 2.55. The lowest BCUT2D eigenvalue weighted by atomic mass is 10.00. The number of rotatable bonds is 3. The van der Waals surface area contributed by atoms with Crippen molar-refractivity contribution >= 4 is 21.7 Å². The van der Waals surface area contributed by atoms with E-state index in [9.17, 15) is 13.6 Å². The molecule has 0 N–H and O–H groups in total. The second kappa shape index (κ2) is 5.71. The van der Waals surface area contributed by atoms with E-state index in [0.29, 0.717) is 10.2 Å². The van der Waals surface area contributed by atoms with Crippen molar-refractivity contribution in [3.8, 4) is 5.75 Å². The summed E-state index contributed by atoms with van der Waals surface area (Å²) in [6.07, 6.45) is 0. The van der Waals surface area contributed by atoms with Crippen LogP contribution in [-0.2, 0) is 0 Å². The zero-order valence-corrected chi connectivity index (χ0v) is 12.4. The molecule has 20 heavy (non-hydrogen) atoms. The third-order valence-corrected chi connectivity index (χ3v) is 3.59. The summed E-state index contributed by atoms with van der Waals surface area (Å²) in [4.78, 5) is 12.3. The second-order valence-electron chi connectivity index (χ2n) is 4.23. The fourth-order valence-corrected chi connectivity index (χ4v) is 2.34. The Morgan fingerprint density at radius 3 is 2.50 bits per heavy atom. The molecule has 0 atom stereocenters. The monoisotopic (exact) mass is 340 g/mol. The molecule has 0 amide bonds. The third kappa shape index (κ3) is 2.58. The van der Waals surface area contributed by atoms with E-state index in [-0.39, 0.29) is 11.1 Å². The van der Waals surface area contributed by atoms with Gasteiger partial charge in [-0.1, -0.05) is 6.07 Å². The Morgan fingerprint density at radius 1 is 1.20 bits per heavy atom. The largest absolute Gasteiger partial charge is 0.497 e. The van der Waals surface area contributed by atoms with E-state index >= 15 is 0 Å². The van der Waals surface area contributed by atoms with Crippen LogP contribution in [0.15, 0.2) is 34.8 Å². The smallest absolute Gasteiger partial charge is 0.200 e. The minimum Gasteiger partial charge on any atom is -0.497 e. The number of halogens is 3. The maximum atomic E-state index is 14.0. The number of hydrogen-bond acceptors (Lipinski definition) is 2. The van der Waals surface area contributed by atoms with Gasteiger partial charge in [0.1, 0.15) is 17.4 Å². The lowest BCUT2D eigenvalue weighted by molar-refractivity contribution is 0.103. The third-order valence-electron chi connectivity index (χ3n) is 2.93. The molecule has 0 unspecified atom stereocenters. The highest BCUT2D eigenvalue weighted by atomic mass is 79.9. The van der Waals surface area contributed by atoms with E-state index in [2.05, 4.69) is 15.9 Å². The molecular weight excluding hydrogens is 330 g/mol.